The second kappa shape index (κ2) is 7.37. The number of nitrogens with zero attached hydrogens (tertiary/aromatic N) is 3. The number of aliphatic hydroxyl groups is 1. The minimum atomic E-state index is -4.58. The summed E-state index contributed by atoms with van der Waals surface area (Å²) in [5.74, 6) is -4.61. The highest BCUT2D eigenvalue weighted by Gasteiger charge is 2.45. The van der Waals surface area contributed by atoms with Gasteiger partial charge in [-0.2, -0.15) is 28.1 Å². The van der Waals surface area contributed by atoms with Crippen LogP contribution in [0.25, 0.3) is 5.57 Å². The van der Waals surface area contributed by atoms with Gasteiger partial charge in [-0.3, -0.25) is 0 Å². The Labute approximate surface area is 156 Å². The molecule has 6 nitrogen and oxygen atoms in total. The number of alkyl halides is 5. The lowest BCUT2D eigenvalue weighted by Gasteiger charge is -2.35. The smallest absolute Gasteiger partial charge is 0.386 e. The highest BCUT2D eigenvalue weighted by molar-refractivity contribution is 5.65. The molecule has 1 aromatic rings. The fourth-order valence-corrected chi connectivity index (χ4v) is 3.00. The van der Waals surface area contributed by atoms with Crippen molar-refractivity contribution < 1.29 is 31.4 Å². The summed E-state index contributed by atoms with van der Waals surface area (Å²) in [5, 5.41) is 14.4. The summed E-state index contributed by atoms with van der Waals surface area (Å²) in [6, 6.07) is -2.66. The monoisotopic (exact) mass is 411 g/mol. The van der Waals surface area contributed by atoms with Crippen LogP contribution in [0.2, 0.25) is 0 Å². The molecule has 0 amide bonds. The minimum absolute atomic E-state index is 0.0362. The van der Waals surface area contributed by atoms with Gasteiger partial charge in [-0.05, 0) is 26.2 Å². The lowest BCUT2D eigenvalue weighted by molar-refractivity contribution is -0.138. The first-order chi connectivity index (χ1) is 12.9. The standard InChI is InChI=1S/C16H19F6N5O/c1-7(16(20,21)22)23-13-25-12(9-3-2-4-10(28)11(9)17)26-14(27-13)24-8-5-15(18,19)6-8/h7-8,10,28H,2-6H2,1H3,(H2,23,24,25,26,27). The molecule has 2 atom stereocenters. The molecule has 2 unspecified atom stereocenters. The van der Waals surface area contributed by atoms with Crippen molar-refractivity contribution in [2.75, 3.05) is 10.6 Å². The van der Waals surface area contributed by atoms with E-state index in [0.717, 1.165) is 6.92 Å². The first kappa shape index (κ1) is 20.6. The summed E-state index contributed by atoms with van der Waals surface area (Å²) in [6.45, 7) is 0.854. The molecule has 0 aromatic carbocycles. The minimum Gasteiger partial charge on any atom is -0.386 e. The summed E-state index contributed by atoms with van der Waals surface area (Å²) < 4.78 is 78.8. The van der Waals surface area contributed by atoms with Crippen molar-refractivity contribution in [1.29, 1.82) is 0 Å². The third kappa shape index (κ3) is 4.65. The summed E-state index contributed by atoms with van der Waals surface area (Å²) >= 11 is 0. The van der Waals surface area contributed by atoms with Crippen molar-refractivity contribution in [2.24, 2.45) is 0 Å². The van der Waals surface area contributed by atoms with Gasteiger partial charge in [0.25, 0.3) is 5.92 Å². The quantitative estimate of drug-likeness (QED) is 0.642. The Morgan fingerprint density at radius 3 is 2.39 bits per heavy atom. The molecule has 28 heavy (non-hydrogen) atoms. The zero-order chi connectivity index (χ0) is 20.7. The summed E-state index contributed by atoms with van der Waals surface area (Å²) in [4.78, 5) is 11.6. The molecule has 2 aliphatic carbocycles. The van der Waals surface area contributed by atoms with E-state index in [1.54, 1.807) is 0 Å². The summed E-state index contributed by atoms with van der Waals surface area (Å²) in [6.07, 6.45) is -6.03. The molecule has 156 valence electrons. The van der Waals surface area contributed by atoms with Crippen molar-refractivity contribution in [3.05, 3.63) is 11.7 Å². The van der Waals surface area contributed by atoms with E-state index >= 15 is 0 Å². The number of hydrogen-bond acceptors (Lipinski definition) is 6. The maximum Gasteiger partial charge on any atom is 0.408 e. The fraction of sp³-hybridized carbons (Fsp3) is 0.688. The third-order valence-electron chi connectivity index (χ3n) is 4.65. The van der Waals surface area contributed by atoms with Gasteiger partial charge >= 0.3 is 6.18 Å². The van der Waals surface area contributed by atoms with Crippen LogP contribution in [0.3, 0.4) is 0 Å². The van der Waals surface area contributed by atoms with Crippen LogP contribution in [0.15, 0.2) is 5.83 Å². The molecule has 1 aromatic heterocycles. The number of aromatic nitrogens is 3. The van der Waals surface area contributed by atoms with Crippen LogP contribution in [-0.2, 0) is 0 Å². The number of aliphatic hydroxyl groups excluding tert-OH is 1. The lowest BCUT2D eigenvalue weighted by Crippen LogP contribution is -2.44. The van der Waals surface area contributed by atoms with E-state index in [0.29, 0.717) is 6.42 Å². The van der Waals surface area contributed by atoms with Crippen molar-refractivity contribution >= 4 is 17.5 Å². The van der Waals surface area contributed by atoms with Gasteiger partial charge < -0.3 is 15.7 Å². The predicted octanol–water partition coefficient (Wildman–Crippen LogP) is 3.67. The Hall–Kier alpha value is -2.11. The number of rotatable bonds is 5. The maximum absolute atomic E-state index is 14.3. The molecule has 3 N–H and O–H groups in total. The Bertz CT molecular complexity index is 760. The van der Waals surface area contributed by atoms with E-state index in [1.807, 2.05) is 0 Å². The first-order valence-corrected chi connectivity index (χ1v) is 8.75. The van der Waals surface area contributed by atoms with Crippen LogP contribution < -0.4 is 10.6 Å². The van der Waals surface area contributed by atoms with Gasteiger partial charge in [0.15, 0.2) is 5.82 Å². The van der Waals surface area contributed by atoms with Gasteiger partial charge in [0.2, 0.25) is 11.9 Å². The van der Waals surface area contributed by atoms with E-state index in [-0.39, 0.29) is 30.2 Å². The molecule has 1 saturated carbocycles. The van der Waals surface area contributed by atoms with Crippen molar-refractivity contribution in [3.8, 4) is 0 Å². The zero-order valence-electron chi connectivity index (χ0n) is 14.8. The van der Waals surface area contributed by atoms with Gasteiger partial charge in [-0.25, -0.2) is 13.2 Å². The zero-order valence-corrected chi connectivity index (χ0v) is 14.8. The van der Waals surface area contributed by atoms with Crippen LogP contribution in [0, 0.1) is 0 Å². The van der Waals surface area contributed by atoms with Crippen LogP contribution in [0.1, 0.15) is 44.9 Å². The normalized spacial score (nSPS) is 23.9. The van der Waals surface area contributed by atoms with Crippen LogP contribution in [0.5, 0.6) is 0 Å². The molecular weight excluding hydrogens is 392 g/mol. The van der Waals surface area contributed by atoms with Crippen LogP contribution in [0.4, 0.5) is 38.2 Å². The Morgan fingerprint density at radius 2 is 1.79 bits per heavy atom. The topological polar surface area (TPSA) is 83.0 Å². The van der Waals surface area contributed by atoms with Gasteiger partial charge in [-0.15, -0.1) is 0 Å². The average molecular weight is 411 g/mol. The predicted molar refractivity (Wildman–Crippen MR) is 88.4 cm³/mol. The summed E-state index contributed by atoms with van der Waals surface area (Å²) in [7, 11) is 0. The lowest BCUT2D eigenvalue weighted by atomic mass is 9.88. The van der Waals surface area contributed by atoms with Gasteiger partial charge in [0.05, 0.1) is 0 Å². The molecule has 0 aliphatic heterocycles. The first-order valence-electron chi connectivity index (χ1n) is 8.75. The van der Waals surface area contributed by atoms with Crippen molar-refractivity contribution in [2.45, 2.75) is 69.3 Å². The van der Waals surface area contributed by atoms with Crippen LogP contribution >= 0.6 is 0 Å². The molecule has 3 rings (SSSR count). The Kier molecular flexibility index (Phi) is 5.43. The molecule has 12 heteroatoms. The third-order valence-corrected chi connectivity index (χ3v) is 4.65. The van der Waals surface area contributed by atoms with Gasteiger partial charge in [-0.1, -0.05) is 0 Å². The van der Waals surface area contributed by atoms with Crippen molar-refractivity contribution in [3.63, 3.8) is 0 Å². The number of allylic oxidation sites excluding steroid dienone is 1. The van der Waals surface area contributed by atoms with Crippen molar-refractivity contribution in [1.82, 2.24) is 15.0 Å². The maximum atomic E-state index is 14.3. The molecule has 0 saturated heterocycles. The van der Waals surface area contributed by atoms with E-state index in [1.165, 1.54) is 0 Å². The molecular formula is C16H19F6N5O. The number of nitrogens with one attached hydrogen (secondary N) is 2. The molecule has 2 aliphatic rings. The molecule has 0 bridgehead atoms. The average Bonchev–Trinajstić information content (AvgIpc) is 2.54. The van der Waals surface area contributed by atoms with E-state index in [4.69, 9.17) is 0 Å². The van der Waals surface area contributed by atoms with E-state index in [2.05, 4.69) is 25.6 Å². The molecule has 1 heterocycles. The van der Waals surface area contributed by atoms with Gasteiger partial charge in [0.1, 0.15) is 18.0 Å². The van der Waals surface area contributed by atoms with Crippen LogP contribution in [-0.4, -0.2) is 50.3 Å². The number of halogens is 6. The number of anilines is 2. The number of hydrogen-bond donors (Lipinski definition) is 3. The largest absolute Gasteiger partial charge is 0.408 e. The molecule has 1 fully saturated rings. The van der Waals surface area contributed by atoms with E-state index < -0.39 is 54.9 Å². The highest BCUT2D eigenvalue weighted by Crippen LogP contribution is 2.39. The fourth-order valence-electron chi connectivity index (χ4n) is 3.00. The van der Waals surface area contributed by atoms with Gasteiger partial charge in [0, 0.05) is 24.5 Å². The second-order valence-corrected chi connectivity index (χ2v) is 7.05. The highest BCUT2D eigenvalue weighted by atomic mass is 19.4. The Balaban J connectivity index is 1.91. The summed E-state index contributed by atoms with van der Waals surface area (Å²) in [5.41, 5.74) is -0.0362. The van der Waals surface area contributed by atoms with E-state index in [9.17, 15) is 31.4 Å². The molecule has 0 radical (unpaired) electrons. The Morgan fingerprint density at radius 1 is 1.14 bits per heavy atom. The SMILES string of the molecule is CC(Nc1nc(NC2CC(F)(F)C2)nc(C2=C(F)C(O)CCC2)n1)C(F)(F)F. The molecule has 0 spiro atoms. The second-order valence-electron chi connectivity index (χ2n) is 7.05.